The summed E-state index contributed by atoms with van der Waals surface area (Å²) in [4.78, 5) is 25.0. The maximum atomic E-state index is 12.4. The van der Waals surface area contributed by atoms with Crippen LogP contribution in [0.2, 0.25) is 0 Å². The fraction of sp³-hybridized carbons (Fsp3) is 0.529. The third-order valence-electron chi connectivity index (χ3n) is 4.25. The summed E-state index contributed by atoms with van der Waals surface area (Å²) in [5.74, 6) is -0.165. The zero-order valence-electron chi connectivity index (χ0n) is 13.2. The highest BCUT2D eigenvalue weighted by Crippen LogP contribution is 2.24. The molecule has 1 aromatic heterocycles. The molecule has 1 fully saturated rings. The van der Waals surface area contributed by atoms with Crippen LogP contribution in [0, 0.1) is 5.92 Å². The zero-order valence-corrected chi connectivity index (χ0v) is 13.2. The smallest absolute Gasteiger partial charge is 0.317 e. The molecule has 1 aliphatic carbocycles. The first-order valence-electron chi connectivity index (χ1n) is 8.01. The Labute approximate surface area is 136 Å². The van der Waals surface area contributed by atoms with Crippen molar-refractivity contribution < 1.29 is 19.1 Å². The van der Waals surface area contributed by atoms with Crippen molar-refractivity contribution in [3.8, 4) is 0 Å². The van der Waals surface area contributed by atoms with Gasteiger partial charge in [-0.1, -0.05) is 6.08 Å². The van der Waals surface area contributed by atoms with Gasteiger partial charge in [0.1, 0.15) is 5.76 Å². The molecule has 0 spiro atoms. The molecule has 0 atom stereocenters. The molecule has 0 saturated heterocycles. The summed E-state index contributed by atoms with van der Waals surface area (Å²) < 4.78 is 5.29. The number of carbonyl (C=O) groups is 2. The molecule has 0 aliphatic heterocycles. The van der Waals surface area contributed by atoms with Crippen molar-refractivity contribution in [2.24, 2.45) is 5.92 Å². The number of nitrogens with one attached hydrogen (secondary N) is 1. The number of rotatable bonds is 7. The molecular weight excluding hydrogens is 296 g/mol. The summed E-state index contributed by atoms with van der Waals surface area (Å²) in [6, 6.07) is 3.63. The monoisotopic (exact) mass is 320 g/mol. The third kappa shape index (κ3) is 5.16. The zero-order chi connectivity index (χ0) is 16.7. The number of carboxylic acid groups (broad SMARTS) is 1. The van der Waals surface area contributed by atoms with Crippen LogP contribution in [0.3, 0.4) is 0 Å². The van der Waals surface area contributed by atoms with Gasteiger partial charge < -0.3 is 19.7 Å². The summed E-state index contributed by atoms with van der Waals surface area (Å²) in [7, 11) is 0. The third-order valence-corrected chi connectivity index (χ3v) is 4.25. The van der Waals surface area contributed by atoms with E-state index in [-0.39, 0.29) is 18.0 Å². The standard InChI is InChI=1S/C17H24N2O4/c1-2-10-19(11-9-15-4-3-12-23-15)17(22)18-14-7-5-13(6-8-14)16(20)21/h2-4,12-14H,1,5-11H2,(H,18,22)(H,20,21). The van der Waals surface area contributed by atoms with E-state index >= 15 is 0 Å². The van der Waals surface area contributed by atoms with Crippen molar-refractivity contribution in [2.45, 2.75) is 38.1 Å². The number of carboxylic acids is 1. The topological polar surface area (TPSA) is 82.8 Å². The molecule has 6 nitrogen and oxygen atoms in total. The Balaban J connectivity index is 1.81. The summed E-state index contributed by atoms with van der Waals surface area (Å²) in [6.45, 7) is 4.71. The molecule has 2 amide bonds. The summed E-state index contributed by atoms with van der Waals surface area (Å²) in [5, 5.41) is 12.0. The van der Waals surface area contributed by atoms with E-state index in [9.17, 15) is 9.59 Å². The van der Waals surface area contributed by atoms with Gasteiger partial charge in [-0.3, -0.25) is 4.79 Å². The van der Waals surface area contributed by atoms with E-state index in [1.165, 1.54) is 0 Å². The highest BCUT2D eigenvalue weighted by atomic mass is 16.4. The van der Waals surface area contributed by atoms with Crippen molar-refractivity contribution in [1.82, 2.24) is 10.2 Å². The van der Waals surface area contributed by atoms with Crippen molar-refractivity contribution >= 4 is 12.0 Å². The SMILES string of the molecule is C=CCN(CCc1ccco1)C(=O)NC1CCC(C(=O)O)CC1. The molecule has 1 saturated carbocycles. The Kier molecular flexibility index (Phi) is 6.26. The summed E-state index contributed by atoms with van der Waals surface area (Å²) >= 11 is 0. The maximum absolute atomic E-state index is 12.4. The van der Waals surface area contributed by atoms with Crippen LogP contribution in [0.25, 0.3) is 0 Å². The van der Waals surface area contributed by atoms with Crippen molar-refractivity contribution in [1.29, 1.82) is 0 Å². The van der Waals surface area contributed by atoms with Crippen LogP contribution < -0.4 is 5.32 Å². The van der Waals surface area contributed by atoms with E-state index in [1.807, 2.05) is 12.1 Å². The van der Waals surface area contributed by atoms with Crippen molar-refractivity contribution in [3.05, 3.63) is 36.8 Å². The minimum absolute atomic E-state index is 0.0500. The van der Waals surface area contributed by atoms with Crippen molar-refractivity contribution in [2.75, 3.05) is 13.1 Å². The molecule has 0 radical (unpaired) electrons. The van der Waals surface area contributed by atoms with E-state index in [4.69, 9.17) is 9.52 Å². The molecule has 2 rings (SSSR count). The second kappa shape index (κ2) is 8.41. The number of hydrogen-bond donors (Lipinski definition) is 2. The van der Waals surface area contributed by atoms with Gasteiger partial charge in [0.05, 0.1) is 12.2 Å². The molecule has 0 bridgehead atoms. The minimum Gasteiger partial charge on any atom is -0.481 e. The van der Waals surface area contributed by atoms with Crippen LogP contribution in [-0.4, -0.2) is 41.1 Å². The normalized spacial score (nSPS) is 20.7. The molecule has 0 aromatic carbocycles. The first-order valence-corrected chi connectivity index (χ1v) is 8.01. The van der Waals surface area contributed by atoms with Crippen molar-refractivity contribution in [3.63, 3.8) is 0 Å². The largest absolute Gasteiger partial charge is 0.481 e. The number of amides is 2. The van der Waals surface area contributed by atoms with E-state index in [0.29, 0.717) is 45.2 Å². The Morgan fingerprint density at radius 1 is 1.39 bits per heavy atom. The molecule has 0 unspecified atom stereocenters. The number of carbonyl (C=O) groups excluding carboxylic acids is 1. The van der Waals surface area contributed by atoms with Crippen LogP contribution in [0.1, 0.15) is 31.4 Å². The van der Waals surface area contributed by atoms with E-state index in [0.717, 1.165) is 5.76 Å². The number of hydrogen-bond acceptors (Lipinski definition) is 3. The van der Waals surface area contributed by atoms with Crippen LogP contribution >= 0.6 is 0 Å². The number of urea groups is 1. The van der Waals surface area contributed by atoms with Gasteiger partial charge in [0.2, 0.25) is 0 Å². The van der Waals surface area contributed by atoms with Gasteiger partial charge >= 0.3 is 12.0 Å². The molecule has 23 heavy (non-hydrogen) atoms. The van der Waals surface area contributed by atoms with E-state index in [2.05, 4.69) is 11.9 Å². The molecule has 2 N–H and O–H groups in total. The summed E-state index contributed by atoms with van der Waals surface area (Å²) in [6.07, 6.45) is 6.63. The molecule has 1 aromatic rings. The van der Waals surface area contributed by atoms with Gasteiger partial charge in [-0.15, -0.1) is 6.58 Å². The Hall–Kier alpha value is -2.24. The first-order chi connectivity index (χ1) is 11.1. The lowest BCUT2D eigenvalue weighted by atomic mass is 9.86. The Bertz CT molecular complexity index is 519. The highest BCUT2D eigenvalue weighted by Gasteiger charge is 2.27. The lowest BCUT2D eigenvalue weighted by Crippen LogP contribution is -2.47. The molecule has 1 heterocycles. The minimum atomic E-state index is -0.735. The van der Waals surface area contributed by atoms with Gasteiger partial charge in [-0.05, 0) is 37.8 Å². The molecule has 126 valence electrons. The van der Waals surface area contributed by atoms with Gasteiger partial charge in [-0.25, -0.2) is 4.79 Å². The number of furan rings is 1. The number of nitrogens with zero attached hydrogens (tertiary/aromatic N) is 1. The molecule has 6 heteroatoms. The average Bonchev–Trinajstić information content (AvgIpc) is 3.05. The predicted octanol–water partition coefficient (Wildman–Crippen LogP) is 2.66. The lowest BCUT2D eigenvalue weighted by molar-refractivity contribution is -0.142. The van der Waals surface area contributed by atoms with Gasteiger partial charge in [-0.2, -0.15) is 0 Å². The predicted molar refractivity (Wildman–Crippen MR) is 86.1 cm³/mol. The Morgan fingerprint density at radius 3 is 2.70 bits per heavy atom. The van der Waals surface area contributed by atoms with E-state index in [1.54, 1.807) is 17.2 Å². The van der Waals surface area contributed by atoms with Crippen LogP contribution in [0.4, 0.5) is 4.79 Å². The fourth-order valence-electron chi connectivity index (χ4n) is 2.88. The molecule has 1 aliphatic rings. The average molecular weight is 320 g/mol. The second-order valence-corrected chi connectivity index (χ2v) is 5.90. The second-order valence-electron chi connectivity index (χ2n) is 5.90. The molecular formula is C17H24N2O4. The van der Waals surface area contributed by atoms with Crippen LogP contribution in [0.5, 0.6) is 0 Å². The highest BCUT2D eigenvalue weighted by molar-refractivity contribution is 5.75. The lowest BCUT2D eigenvalue weighted by Gasteiger charge is -2.29. The fourth-order valence-corrected chi connectivity index (χ4v) is 2.88. The van der Waals surface area contributed by atoms with Gasteiger partial charge in [0, 0.05) is 25.6 Å². The van der Waals surface area contributed by atoms with Gasteiger partial charge in [0.25, 0.3) is 0 Å². The first kappa shape index (κ1) is 17.1. The van der Waals surface area contributed by atoms with Crippen LogP contribution in [-0.2, 0) is 11.2 Å². The van der Waals surface area contributed by atoms with Gasteiger partial charge in [0.15, 0.2) is 0 Å². The van der Waals surface area contributed by atoms with Crippen LogP contribution in [0.15, 0.2) is 35.5 Å². The number of aliphatic carboxylic acids is 1. The van der Waals surface area contributed by atoms with E-state index < -0.39 is 5.97 Å². The quantitative estimate of drug-likeness (QED) is 0.757. The Morgan fingerprint density at radius 2 is 2.13 bits per heavy atom. The maximum Gasteiger partial charge on any atom is 0.317 e. The summed E-state index contributed by atoms with van der Waals surface area (Å²) in [5.41, 5.74) is 0.